The minimum Gasteiger partial charge on any atom is -0.355 e. The van der Waals surface area contributed by atoms with Gasteiger partial charge in [0.05, 0.1) is 5.69 Å². The average Bonchev–Trinajstić information content (AvgIpc) is 3.01. The number of nitrogens with one attached hydrogen (secondary N) is 1. The number of rotatable bonds is 5. The summed E-state index contributed by atoms with van der Waals surface area (Å²) in [4.78, 5) is 8.56. The molecule has 0 atom stereocenters. The summed E-state index contributed by atoms with van der Waals surface area (Å²) < 4.78 is 2.27. The molecule has 1 N–H and O–H groups in total. The highest BCUT2D eigenvalue weighted by atomic mass is 32.1. The van der Waals surface area contributed by atoms with E-state index in [-0.39, 0.29) is 0 Å². The van der Waals surface area contributed by atoms with Crippen LogP contribution in [0, 0.1) is 0 Å². The molecule has 4 nitrogen and oxygen atoms in total. The number of thiazole rings is 1. The van der Waals surface area contributed by atoms with Gasteiger partial charge in [-0.3, -0.25) is 4.40 Å². The molecule has 1 saturated heterocycles. The highest BCUT2D eigenvalue weighted by Crippen LogP contribution is 2.26. The first-order valence-electron chi connectivity index (χ1n) is 8.30. The first-order chi connectivity index (χ1) is 10.4. The monoisotopic (exact) mass is 306 g/mol. The Labute approximate surface area is 131 Å². The van der Waals surface area contributed by atoms with E-state index in [1.807, 2.05) is 0 Å². The molecule has 0 aromatic carbocycles. The highest BCUT2D eigenvalue weighted by molar-refractivity contribution is 7.15. The van der Waals surface area contributed by atoms with Gasteiger partial charge in [0.1, 0.15) is 0 Å². The summed E-state index contributed by atoms with van der Waals surface area (Å²) in [5.74, 6) is 1.22. The average molecular weight is 306 g/mol. The summed E-state index contributed by atoms with van der Waals surface area (Å²) in [6, 6.07) is 0. The molecule has 0 unspecified atom stereocenters. The Hall–Kier alpha value is -1.07. The predicted octanol–water partition coefficient (Wildman–Crippen LogP) is 3.67. The van der Waals surface area contributed by atoms with Gasteiger partial charge in [0.25, 0.3) is 0 Å². The molecule has 0 aliphatic carbocycles. The summed E-state index contributed by atoms with van der Waals surface area (Å²) in [6.07, 6.45) is 10.1. The number of hydrogen-bond donors (Lipinski definition) is 1. The number of anilines is 1. The highest BCUT2D eigenvalue weighted by Gasteiger charge is 2.19. The zero-order chi connectivity index (χ0) is 14.5. The third-order valence-electron chi connectivity index (χ3n) is 4.21. The molecule has 5 heteroatoms. The maximum atomic E-state index is 4.91. The molecule has 0 bridgehead atoms. The number of nitrogens with zero attached hydrogens (tertiary/aromatic N) is 3. The second kappa shape index (κ2) is 7.27. The van der Waals surface area contributed by atoms with Crippen LogP contribution in [0.1, 0.15) is 51.1 Å². The summed E-state index contributed by atoms with van der Waals surface area (Å²) in [5.41, 5.74) is 1.33. The van der Waals surface area contributed by atoms with E-state index in [0.29, 0.717) is 0 Å². The Morgan fingerprint density at radius 2 is 1.95 bits per heavy atom. The Morgan fingerprint density at radius 1 is 1.19 bits per heavy atom. The third kappa shape index (κ3) is 3.40. The van der Waals surface area contributed by atoms with Crippen LogP contribution in [0.5, 0.6) is 0 Å². The van der Waals surface area contributed by atoms with E-state index in [1.54, 1.807) is 11.3 Å². The van der Waals surface area contributed by atoms with Crippen LogP contribution in [0.2, 0.25) is 0 Å². The molecule has 0 spiro atoms. The fourth-order valence-corrected chi connectivity index (χ4v) is 3.81. The molecule has 116 valence electrons. The molecule has 2 aromatic heterocycles. The van der Waals surface area contributed by atoms with Crippen LogP contribution < -0.4 is 10.2 Å². The van der Waals surface area contributed by atoms with E-state index in [9.17, 15) is 0 Å². The molecule has 0 saturated carbocycles. The van der Waals surface area contributed by atoms with E-state index in [2.05, 4.69) is 33.1 Å². The van der Waals surface area contributed by atoms with Crippen LogP contribution in [0.4, 0.5) is 5.82 Å². The van der Waals surface area contributed by atoms with Crippen molar-refractivity contribution in [2.24, 2.45) is 0 Å². The van der Waals surface area contributed by atoms with Gasteiger partial charge in [0.15, 0.2) is 10.8 Å². The Bertz CT molecular complexity index is 552. The van der Waals surface area contributed by atoms with Crippen LogP contribution in [-0.4, -0.2) is 29.0 Å². The van der Waals surface area contributed by atoms with Crippen LogP contribution >= 0.6 is 11.3 Å². The molecule has 3 rings (SSSR count). The maximum Gasteiger partial charge on any atom is 0.195 e. The largest absolute Gasteiger partial charge is 0.355 e. The first-order valence-corrected chi connectivity index (χ1v) is 9.18. The topological polar surface area (TPSA) is 32.6 Å². The van der Waals surface area contributed by atoms with Crippen LogP contribution in [0.3, 0.4) is 0 Å². The van der Waals surface area contributed by atoms with Crippen LogP contribution in [-0.2, 0) is 6.54 Å². The van der Waals surface area contributed by atoms with Gasteiger partial charge in [-0.05, 0) is 25.8 Å². The molecule has 3 heterocycles. The number of fused-ring (bicyclic) bond motifs is 1. The van der Waals surface area contributed by atoms with Gasteiger partial charge in [0.2, 0.25) is 0 Å². The zero-order valence-corrected chi connectivity index (χ0v) is 13.8. The Kier molecular flexibility index (Phi) is 5.14. The minimum atomic E-state index is 0.914. The van der Waals surface area contributed by atoms with Crippen molar-refractivity contribution in [2.45, 2.75) is 52.0 Å². The summed E-state index contributed by atoms with van der Waals surface area (Å²) in [6.45, 7) is 6.51. The zero-order valence-electron chi connectivity index (χ0n) is 13.0. The molecular formula is C16H26N4S. The van der Waals surface area contributed by atoms with Crippen molar-refractivity contribution >= 4 is 22.1 Å². The maximum absolute atomic E-state index is 4.91. The van der Waals surface area contributed by atoms with E-state index in [4.69, 9.17) is 4.98 Å². The number of aromatic nitrogens is 2. The van der Waals surface area contributed by atoms with Gasteiger partial charge in [-0.1, -0.05) is 26.2 Å². The molecule has 21 heavy (non-hydrogen) atoms. The quantitative estimate of drug-likeness (QED) is 0.856. The van der Waals surface area contributed by atoms with Crippen molar-refractivity contribution in [3.05, 3.63) is 17.3 Å². The minimum absolute atomic E-state index is 0.914. The lowest BCUT2D eigenvalue weighted by atomic mass is 10.1. The lowest BCUT2D eigenvalue weighted by Crippen LogP contribution is -2.29. The standard InChI is InChI=1S/C16H26N4S/c1-2-8-17-13-14-15(18-16-20(14)11-12-21-16)19-9-6-4-3-5-7-10-19/h11-12,17H,2-10,13H2,1H3. The van der Waals surface area contributed by atoms with Gasteiger partial charge >= 0.3 is 0 Å². The van der Waals surface area contributed by atoms with Crippen molar-refractivity contribution in [2.75, 3.05) is 24.5 Å². The molecule has 0 radical (unpaired) electrons. The number of imidazole rings is 1. The van der Waals surface area contributed by atoms with Crippen LogP contribution in [0.25, 0.3) is 4.96 Å². The second-order valence-corrected chi connectivity index (χ2v) is 6.74. The lowest BCUT2D eigenvalue weighted by Gasteiger charge is -2.26. The predicted molar refractivity (Wildman–Crippen MR) is 90.4 cm³/mol. The third-order valence-corrected chi connectivity index (χ3v) is 4.97. The molecule has 1 aliphatic heterocycles. The van der Waals surface area contributed by atoms with E-state index < -0.39 is 0 Å². The Morgan fingerprint density at radius 3 is 2.71 bits per heavy atom. The van der Waals surface area contributed by atoms with Gasteiger partial charge in [-0.2, -0.15) is 0 Å². The lowest BCUT2D eigenvalue weighted by molar-refractivity contribution is 0.551. The molecule has 1 aliphatic rings. The Balaban J connectivity index is 1.84. The van der Waals surface area contributed by atoms with E-state index >= 15 is 0 Å². The molecule has 0 amide bonds. The van der Waals surface area contributed by atoms with Crippen molar-refractivity contribution in [3.63, 3.8) is 0 Å². The second-order valence-electron chi connectivity index (χ2n) is 5.87. The van der Waals surface area contributed by atoms with Gasteiger partial charge in [0, 0.05) is 31.2 Å². The smallest absolute Gasteiger partial charge is 0.195 e. The fourth-order valence-electron chi connectivity index (χ4n) is 3.08. The van der Waals surface area contributed by atoms with Gasteiger partial charge in [-0.15, -0.1) is 11.3 Å². The summed E-state index contributed by atoms with van der Waals surface area (Å²) in [5, 5.41) is 5.67. The number of hydrogen-bond acceptors (Lipinski definition) is 4. The molecule has 1 fully saturated rings. The molecular weight excluding hydrogens is 280 g/mol. The van der Waals surface area contributed by atoms with Gasteiger partial charge < -0.3 is 10.2 Å². The normalized spacial score (nSPS) is 17.1. The van der Waals surface area contributed by atoms with E-state index in [1.165, 1.54) is 50.0 Å². The molecule has 2 aromatic rings. The van der Waals surface area contributed by atoms with Crippen molar-refractivity contribution < 1.29 is 0 Å². The van der Waals surface area contributed by atoms with E-state index in [0.717, 1.165) is 31.1 Å². The summed E-state index contributed by atoms with van der Waals surface area (Å²) >= 11 is 1.73. The van der Waals surface area contributed by atoms with Crippen molar-refractivity contribution in [3.8, 4) is 0 Å². The van der Waals surface area contributed by atoms with Gasteiger partial charge in [-0.25, -0.2) is 4.98 Å². The van der Waals surface area contributed by atoms with Crippen molar-refractivity contribution in [1.29, 1.82) is 0 Å². The van der Waals surface area contributed by atoms with Crippen molar-refractivity contribution in [1.82, 2.24) is 14.7 Å². The SMILES string of the molecule is CCCNCc1c(N2CCCCCCC2)nc2sccn12. The van der Waals surface area contributed by atoms with Crippen LogP contribution in [0.15, 0.2) is 11.6 Å². The fraction of sp³-hybridized carbons (Fsp3) is 0.688. The first kappa shape index (κ1) is 14.9. The summed E-state index contributed by atoms with van der Waals surface area (Å²) in [7, 11) is 0.